The second-order valence-corrected chi connectivity index (χ2v) is 6.30. The Bertz CT molecular complexity index is 1180. The Labute approximate surface area is 167 Å². The molecule has 0 atom stereocenters. The molecule has 1 aromatic heterocycles. The predicted octanol–water partition coefficient (Wildman–Crippen LogP) is 5.27. The lowest BCUT2D eigenvalue weighted by atomic mass is 10.0. The average Bonchev–Trinajstić information content (AvgIpc) is 3.10. The smallest absolute Gasteiger partial charge is 0.288 e. The van der Waals surface area contributed by atoms with Gasteiger partial charge in [0, 0.05) is 0 Å². The average molecular weight is 417 g/mol. The maximum absolute atomic E-state index is 13.8. The van der Waals surface area contributed by atoms with Crippen LogP contribution in [0, 0.1) is 29.9 Å². The molecule has 1 heterocycles. The third kappa shape index (κ3) is 4.27. The molecule has 0 N–H and O–H groups in total. The first-order chi connectivity index (χ1) is 14.1. The van der Waals surface area contributed by atoms with E-state index < -0.39 is 40.4 Å². The second kappa shape index (κ2) is 7.91. The zero-order valence-electron chi connectivity index (χ0n) is 15.3. The minimum atomic E-state index is -4.60. The molecule has 0 radical (unpaired) electrons. The van der Waals surface area contributed by atoms with E-state index in [9.17, 15) is 32.0 Å². The quantitative estimate of drug-likeness (QED) is 0.252. The number of nitriles is 1. The fourth-order valence-corrected chi connectivity index (χ4v) is 2.74. The van der Waals surface area contributed by atoms with Crippen LogP contribution in [-0.2, 0) is 6.18 Å². The van der Waals surface area contributed by atoms with Gasteiger partial charge in [-0.3, -0.25) is 4.79 Å². The minimum absolute atomic E-state index is 0.119. The first-order valence-corrected chi connectivity index (χ1v) is 8.46. The largest absolute Gasteiger partial charge is 0.433 e. The number of Topliss-reactive ketones (excluding diaryl/α,β-unsaturated/α-hetero) is 1. The van der Waals surface area contributed by atoms with Gasteiger partial charge >= 0.3 is 6.18 Å². The Morgan fingerprint density at radius 3 is 2.37 bits per heavy atom. The van der Waals surface area contributed by atoms with Gasteiger partial charge in [0.05, 0.1) is 16.9 Å². The molecule has 0 amide bonds. The Kier molecular flexibility index (Phi) is 5.52. The summed E-state index contributed by atoms with van der Waals surface area (Å²) in [6, 6.07) is 10.2. The van der Waals surface area contributed by atoms with Crippen molar-refractivity contribution in [2.24, 2.45) is 0 Å². The SMILES string of the molecule is Cc1cc(C(F)(F)F)n(-c2ccc(C=C(C#N)C(=O)c3cc(F)ccc3F)cc2)n1. The molecule has 30 heavy (non-hydrogen) atoms. The Morgan fingerprint density at radius 1 is 1.10 bits per heavy atom. The number of nitrogens with zero attached hydrogens (tertiary/aromatic N) is 3. The van der Waals surface area contributed by atoms with Crippen molar-refractivity contribution in [3.05, 3.63) is 88.3 Å². The molecule has 0 unspecified atom stereocenters. The van der Waals surface area contributed by atoms with Crippen LogP contribution in [0.3, 0.4) is 0 Å². The van der Waals surface area contributed by atoms with Crippen molar-refractivity contribution in [1.29, 1.82) is 5.26 Å². The first-order valence-electron chi connectivity index (χ1n) is 8.46. The highest BCUT2D eigenvalue weighted by Crippen LogP contribution is 2.31. The zero-order valence-corrected chi connectivity index (χ0v) is 15.3. The molecule has 0 aliphatic carbocycles. The number of benzene rings is 2. The van der Waals surface area contributed by atoms with Gasteiger partial charge in [0.15, 0.2) is 0 Å². The highest BCUT2D eigenvalue weighted by molar-refractivity contribution is 6.14. The molecule has 2 aromatic carbocycles. The maximum Gasteiger partial charge on any atom is 0.433 e. The number of hydrogen-bond donors (Lipinski definition) is 0. The standard InChI is InChI=1S/C21H12F5N3O/c1-12-8-19(21(24,25)26)29(28-12)16-5-2-13(3-6-16)9-14(11-27)20(30)17-10-15(22)4-7-18(17)23/h2-10H,1H3. The summed E-state index contributed by atoms with van der Waals surface area (Å²) < 4.78 is 67.3. The first kappa shape index (κ1) is 20.9. The highest BCUT2D eigenvalue weighted by atomic mass is 19.4. The third-order valence-corrected chi connectivity index (χ3v) is 4.11. The van der Waals surface area contributed by atoms with E-state index >= 15 is 0 Å². The summed E-state index contributed by atoms with van der Waals surface area (Å²) in [5.74, 6) is -2.83. The molecule has 0 spiro atoms. The molecule has 0 bridgehead atoms. The predicted molar refractivity (Wildman–Crippen MR) is 97.6 cm³/mol. The number of ketones is 1. The molecule has 0 saturated carbocycles. The van der Waals surface area contributed by atoms with E-state index in [0.29, 0.717) is 11.6 Å². The second-order valence-electron chi connectivity index (χ2n) is 6.30. The normalized spacial score (nSPS) is 12.0. The van der Waals surface area contributed by atoms with E-state index in [4.69, 9.17) is 0 Å². The van der Waals surface area contributed by atoms with Crippen LogP contribution >= 0.6 is 0 Å². The van der Waals surface area contributed by atoms with Crippen molar-refractivity contribution in [3.8, 4) is 11.8 Å². The molecule has 9 heteroatoms. The summed E-state index contributed by atoms with van der Waals surface area (Å²) in [5, 5.41) is 13.1. The monoisotopic (exact) mass is 417 g/mol. The van der Waals surface area contributed by atoms with Gasteiger partial charge in [-0.2, -0.15) is 23.5 Å². The van der Waals surface area contributed by atoms with Crippen LogP contribution in [0.4, 0.5) is 22.0 Å². The lowest BCUT2D eigenvalue weighted by molar-refractivity contribution is -0.142. The lowest BCUT2D eigenvalue weighted by Crippen LogP contribution is -2.13. The van der Waals surface area contributed by atoms with E-state index in [1.807, 2.05) is 0 Å². The van der Waals surface area contributed by atoms with Crippen LogP contribution in [0.25, 0.3) is 11.8 Å². The van der Waals surface area contributed by atoms with Crippen LogP contribution < -0.4 is 0 Å². The van der Waals surface area contributed by atoms with E-state index in [1.165, 1.54) is 31.2 Å². The molecule has 3 rings (SSSR count). The van der Waals surface area contributed by atoms with Crippen molar-refractivity contribution >= 4 is 11.9 Å². The van der Waals surface area contributed by atoms with Crippen LogP contribution in [0.2, 0.25) is 0 Å². The van der Waals surface area contributed by atoms with E-state index in [1.54, 1.807) is 6.07 Å². The van der Waals surface area contributed by atoms with Gasteiger partial charge in [-0.25, -0.2) is 13.5 Å². The number of carbonyl (C=O) groups is 1. The van der Waals surface area contributed by atoms with E-state index in [-0.39, 0.29) is 11.4 Å². The van der Waals surface area contributed by atoms with E-state index in [0.717, 1.165) is 29.0 Å². The number of carbonyl (C=O) groups excluding carboxylic acids is 1. The zero-order chi connectivity index (χ0) is 22.1. The topological polar surface area (TPSA) is 58.7 Å². The van der Waals surface area contributed by atoms with E-state index in [2.05, 4.69) is 5.10 Å². The van der Waals surface area contributed by atoms with Gasteiger partial charge < -0.3 is 0 Å². The summed E-state index contributed by atoms with van der Waals surface area (Å²) in [5.41, 5.74) is -1.40. The molecular formula is C21H12F5N3O. The number of rotatable bonds is 4. The maximum atomic E-state index is 13.8. The van der Waals surface area contributed by atoms with Crippen molar-refractivity contribution in [2.45, 2.75) is 13.1 Å². The number of alkyl halides is 3. The number of halogens is 5. The van der Waals surface area contributed by atoms with Gasteiger partial charge in [0.2, 0.25) is 5.78 Å². The van der Waals surface area contributed by atoms with Gasteiger partial charge in [0.25, 0.3) is 0 Å². The summed E-state index contributed by atoms with van der Waals surface area (Å²) in [7, 11) is 0. The number of aromatic nitrogens is 2. The van der Waals surface area contributed by atoms with Crippen molar-refractivity contribution in [1.82, 2.24) is 9.78 Å². The third-order valence-electron chi connectivity index (χ3n) is 4.11. The number of aryl methyl sites for hydroxylation is 1. The Morgan fingerprint density at radius 2 is 1.77 bits per heavy atom. The van der Waals surface area contributed by atoms with Gasteiger partial charge in [-0.05, 0) is 55.0 Å². The molecule has 4 nitrogen and oxygen atoms in total. The fourth-order valence-electron chi connectivity index (χ4n) is 2.74. The molecule has 0 fully saturated rings. The van der Waals surface area contributed by atoms with Crippen LogP contribution in [-0.4, -0.2) is 15.6 Å². The summed E-state index contributed by atoms with van der Waals surface area (Å²) >= 11 is 0. The van der Waals surface area contributed by atoms with Crippen LogP contribution in [0.5, 0.6) is 0 Å². The van der Waals surface area contributed by atoms with Crippen LogP contribution in [0.15, 0.2) is 54.1 Å². The van der Waals surface area contributed by atoms with Crippen molar-refractivity contribution in [3.63, 3.8) is 0 Å². The molecule has 0 saturated heterocycles. The Balaban J connectivity index is 1.95. The summed E-state index contributed by atoms with van der Waals surface area (Å²) in [6.07, 6.45) is -3.47. The van der Waals surface area contributed by atoms with Gasteiger partial charge in [-0.1, -0.05) is 12.1 Å². The van der Waals surface area contributed by atoms with Crippen molar-refractivity contribution < 1.29 is 26.7 Å². The summed E-state index contributed by atoms with van der Waals surface area (Å²) in [6.45, 7) is 1.43. The van der Waals surface area contributed by atoms with Crippen molar-refractivity contribution in [2.75, 3.05) is 0 Å². The molecule has 3 aromatic rings. The molecular weight excluding hydrogens is 405 g/mol. The molecule has 0 aliphatic rings. The van der Waals surface area contributed by atoms with Gasteiger partial charge in [0.1, 0.15) is 29.0 Å². The Hall–Kier alpha value is -3.80. The van der Waals surface area contributed by atoms with Gasteiger partial charge in [-0.15, -0.1) is 0 Å². The number of hydrogen-bond acceptors (Lipinski definition) is 3. The minimum Gasteiger partial charge on any atom is -0.288 e. The molecule has 152 valence electrons. The summed E-state index contributed by atoms with van der Waals surface area (Å²) in [4.78, 5) is 12.4. The number of allylic oxidation sites excluding steroid dienone is 1. The van der Waals surface area contributed by atoms with Crippen LogP contribution in [0.1, 0.15) is 27.3 Å². The fraction of sp³-hybridized carbons (Fsp3) is 0.0952. The lowest BCUT2D eigenvalue weighted by Gasteiger charge is -2.10. The highest BCUT2D eigenvalue weighted by Gasteiger charge is 2.35. The molecule has 0 aliphatic heterocycles.